The van der Waals surface area contributed by atoms with Crippen LogP contribution in [0.5, 0.6) is 0 Å². The first-order valence-electron chi connectivity index (χ1n) is 15.6. The normalized spacial score (nSPS) is 21.0. The average molecular weight is 560 g/mol. The summed E-state index contributed by atoms with van der Waals surface area (Å²) in [5, 5.41) is 22.0. The number of aromatic nitrogens is 5. The van der Waals surface area contributed by atoms with Gasteiger partial charge in [-0.15, -0.1) is 0 Å². The van der Waals surface area contributed by atoms with Crippen molar-refractivity contribution < 1.29 is 5.11 Å². The zero-order chi connectivity index (χ0) is 29.0. The highest BCUT2D eigenvalue weighted by Gasteiger charge is 2.42. The lowest BCUT2D eigenvalue weighted by atomic mass is 9.59. The van der Waals surface area contributed by atoms with Crippen LogP contribution in [0.3, 0.4) is 0 Å². The van der Waals surface area contributed by atoms with Crippen molar-refractivity contribution in [2.24, 2.45) is 5.92 Å². The summed E-state index contributed by atoms with van der Waals surface area (Å²) >= 11 is 0. The molecule has 3 fully saturated rings. The molecule has 2 aromatic carbocycles. The van der Waals surface area contributed by atoms with E-state index in [1.807, 2.05) is 41.1 Å². The molecule has 5 aromatic rings. The molecule has 0 radical (unpaired) electrons. The zero-order valence-corrected chi connectivity index (χ0v) is 25.2. The first kappa shape index (κ1) is 27.1. The van der Waals surface area contributed by atoms with Gasteiger partial charge in [0.1, 0.15) is 0 Å². The van der Waals surface area contributed by atoms with E-state index in [9.17, 15) is 5.11 Å². The second-order valence-electron chi connectivity index (χ2n) is 13.0. The Bertz CT molecular complexity index is 1730. The minimum absolute atomic E-state index is 0.273. The molecule has 0 saturated heterocycles. The van der Waals surface area contributed by atoms with Crippen LogP contribution >= 0.6 is 0 Å². The summed E-state index contributed by atoms with van der Waals surface area (Å²) in [5.41, 5.74) is 9.90. The lowest BCUT2D eigenvalue weighted by molar-refractivity contribution is 0.132. The fourth-order valence-electron chi connectivity index (χ4n) is 7.70. The predicted octanol–water partition coefficient (Wildman–Crippen LogP) is 7.98. The van der Waals surface area contributed by atoms with Crippen molar-refractivity contribution in [3.05, 3.63) is 95.1 Å². The second kappa shape index (κ2) is 10.5. The molecule has 216 valence electrons. The Hall–Kier alpha value is -3.77. The summed E-state index contributed by atoms with van der Waals surface area (Å²) in [5.74, 6) is 1.24. The van der Waals surface area contributed by atoms with E-state index in [0.29, 0.717) is 12.5 Å². The van der Waals surface area contributed by atoms with E-state index >= 15 is 0 Å². The van der Waals surface area contributed by atoms with Crippen LogP contribution in [0, 0.1) is 19.8 Å². The standard InChI is InChI=1S/C36H41N5O/c1-23(2)34-25(4)41(31-13-14-33(37-24(31)3)36-18-15-26(16-19-36)17-20-36)39-35(34)28-11-8-12-30-29(28)21-40(38-30)22-32(42)27-9-6-5-7-10-27/h5-14,21,23,26,32,42H,15-20,22H2,1-4H3/t26?,32-,36?/m0/s1. The Balaban J connectivity index is 1.27. The summed E-state index contributed by atoms with van der Waals surface area (Å²) in [6.45, 7) is 9.19. The van der Waals surface area contributed by atoms with Crippen LogP contribution in [0.25, 0.3) is 27.8 Å². The van der Waals surface area contributed by atoms with Crippen molar-refractivity contribution >= 4 is 10.9 Å². The molecule has 0 amide bonds. The minimum atomic E-state index is -0.627. The SMILES string of the molecule is Cc1nc(C23CCC(CC2)CC3)ccc1-n1nc(-c2cccc3nn(C[C@H](O)c4ccccc4)cc23)c(C(C)C)c1C. The monoisotopic (exact) mass is 559 g/mol. The molecule has 3 aliphatic carbocycles. The van der Waals surface area contributed by atoms with Gasteiger partial charge in [0.2, 0.25) is 0 Å². The fraction of sp³-hybridized carbons (Fsp3) is 0.417. The Morgan fingerprint density at radius 2 is 1.64 bits per heavy atom. The number of aryl methyl sites for hydroxylation is 1. The van der Waals surface area contributed by atoms with Crippen LogP contribution in [-0.2, 0) is 12.0 Å². The first-order chi connectivity index (χ1) is 20.3. The van der Waals surface area contributed by atoms with Gasteiger partial charge in [-0.1, -0.05) is 56.3 Å². The minimum Gasteiger partial charge on any atom is -0.386 e. The molecule has 0 aliphatic heterocycles. The maximum absolute atomic E-state index is 10.8. The van der Waals surface area contributed by atoms with Gasteiger partial charge in [-0.25, -0.2) is 4.68 Å². The quantitative estimate of drug-likeness (QED) is 0.219. The van der Waals surface area contributed by atoms with Crippen molar-refractivity contribution in [1.29, 1.82) is 0 Å². The highest BCUT2D eigenvalue weighted by atomic mass is 16.3. The number of hydrogen-bond acceptors (Lipinski definition) is 4. The Labute approximate surface area is 248 Å². The van der Waals surface area contributed by atoms with E-state index in [0.717, 1.165) is 50.7 Å². The number of hydrogen-bond donors (Lipinski definition) is 1. The topological polar surface area (TPSA) is 68.8 Å². The van der Waals surface area contributed by atoms with Crippen LogP contribution in [0.1, 0.15) is 92.6 Å². The number of aliphatic hydroxyl groups excluding tert-OH is 1. The molecule has 8 rings (SSSR count). The third kappa shape index (κ3) is 4.57. The summed E-state index contributed by atoms with van der Waals surface area (Å²) in [6, 6.07) is 20.5. The molecule has 3 aromatic heterocycles. The van der Waals surface area contributed by atoms with Gasteiger partial charge >= 0.3 is 0 Å². The molecular weight excluding hydrogens is 518 g/mol. The smallest absolute Gasteiger partial charge is 0.0985 e. The molecule has 6 heteroatoms. The van der Waals surface area contributed by atoms with Gasteiger partial charge in [0.25, 0.3) is 0 Å². The predicted molar refractivity (Wildman–Crippen MR) is 168 cm³/mol. The number of pyridine rings is 1. The van der Waals surface area contributed by atoms with Crippen molar-refractivity contribution in [3.63, 3.8) is 0 Å². The molecule has 3 heterocycles. The Kier molecular flexibility index (Phi) is 6.77. The van der Waals surface area contributed by atoms with Gasteiger partial charge < -0.3 is 5.11 Å². The van der Waals surface area contributed by atoms with Crippen molar-refractivity contribution in [2.45, 2.75) is 90.2 Å². The van der Waals surface area contributed by atoms with Crippen LogP contribution in [-0.4, -0.2) is 29.7 Å². The summed E-state index contributed by atoms with van der Waals surface area (Å²) in [4.78, 5) is 5.25. The van der Waals surface area contributed by atoms with Gasteiger partial charge in [-0.05, 0) is 88.0 Å². The van der Waals surface area contributed by atoms with Crippen LogP contribution in [0.4, 0.5) is 0 Å². The highest BCUT2D eigenvalue weighted by molar-refractivity contribution is 5.94. The largest absolute Gasteiger partial charge is 0.386 e. The van der Waals surface area contributed by atoms with E-state index in [4.69, 9.17) is 15.2 Å². The third-order valence-corrected chi connectivity index (χ3v) is 10.1. The second-order valence-corrected chi connectivity index (χ2v) is 13.0. The third-order valence-electron chi connectivity index (χ3n) is 10.1. The number of fused-ring (bicyclic) bond motifs is 4. The number of rotatable bonds is 7. The van der Waals surface area contributed by atoms with Crippen molar-refractivity contribution in [2.75, 3.05) is 0 Å². The maximum atomic E-state index is 10.8. The molecular formula is C36H41N5O. The summed E-state index contributed by atoms with van der Waals surface area (Å²) in [7, 11) is 0. The molecule has 0 unspecified atom stereocenters. The van der Waals surface area contributed by atoms with Crippen molar-refractivity contribution in [3.8, 4) is 16.9 Å². The Morgan fingerprint density at radius 3 is 2.33 bits per heavy atom. The fourth-order valence-corrected chi connectivity index (χ4v) is 7.70. The molecule has 1 N–H and O–H groups in total. The lowest BCUT2D eigenvalue weighted by Crippen LogP contribution is -2.38. The Morgan fingerprint density at radius 1 is 0.905 bits per heavy atom. The van der Waals surface area contributed by atoms with Gasteiger partial charge in [0, 0.05) is 39.5 Å². The summed E-state index contributed by atoms with van der Waals surface area (Å²) in [6.07, 6.45) is 9.34. The first-order valence-corrected chi connectivity index (χ1v) is 15.6. The highest BCUT2D eigenvalue weighted by Crippen LogP contribution is 2.51. The number of aliphatic hydroxyl groups is 1. The van der Waals surface area contributed by atoms with Crippen molar-refractivity contribution in [1.82, 2.24) is 24.5 Å². The number of benzene rings is 2. The van der Waals surface area contributed by atoms with E-state index in [1.165, 1.54) is 49.8 Å². The molecule has 0 spiro atoms. The molecule has 1 atom stereocenters. The van der Waals surface area contributed by atoms with Gasteiger partial charge in [0.15, 0.2) is 0 Å². The van der Waals surface area contributed by atoms with E-state index in [2.05, 4.69) is 62.8 Å². The molecule has 3 aliphatic rings. The maximum Gasteiger partial charge on any atom is 0.0985 e. The van der Waals surface area contributed by atoms with E-state index < -0.39 is 6.10 Å². The zero-order valence-electron chi connectivity index (χ0n) is 25.2. The summed E-state index contributed by atoms with van der Waals surface area (Å²) < 4.78 is 3.96. The molecule has 42 heavy (non-hydrogen) atoms. The molecule has 2 bridgehead atoms. The average Bonchev–Trinajstić information content (AvgIpc) is 3.58. The van der Waals surface area contributed by atoms with Crippen LogP contribution in [0.2, 0.25) is 0 Å². The lowest BCUT2D eigenvalue weighted by Gasteiger charge is -2.46. The van der Waals surface area contributed by atoms with Gasteiger partial charge in [-0.2, -0.15) is 10.2 Å². The molecule has 3 saturated carbocycles. The van der Waals surface area contributed by atoms with Gasteiger partial charge in [-0.3, -0.25) is 9.67 Å². The number of nitrogens with zero attached hydrogens (tertiary/aromatic N) is 5. The van der Waals surface area contributed by atoms with Crippen LogP contribution in [0.15, 0.2) is 66.9 Å². The van der Waals surface area contributed by atoms with E-state index in [1.54, 1.807) is 0 Å². The van der Waals surface area contributed by atoms with E-state index in [-0.39, 0.29) is 5.41 Å². The van der Waals surface area contributed by atoms with Gasteiger partial charge in [0.05, 0.1) is 35.2 Å². The van der Waals surface area contributed by atoms with Crippen LogP contribution < -0.4 is 0 Å². The molecule has 6 nitrogen and oxygen atoms in total.